The van der Waals surface area contributed by atoms with Gasteiger partial charge in [0.1, 0.15) is 22.3 Å². The van der Waals surface area contributed by atoms with Crippen LogP contribution in [0.3, 0.4) is 0 Å². The van der Waals surface area contributed by atoms with E-state index in [0.717, 1.165) is 82.8 Å². The summed E-state index contributed by atoms with van der Waals surface area (Å²) in [5, 5.41) is 11.9. The summed E-state index contributed by atoms with van der Waals surface area (Å²) in [5.41, 5.74) is 10.6. The van der Waals surface area contributed by atoms with Crippen LogP contribution in [0.2, 0.25) is 0 Å². The predicted molar refractivity (Wildman–Crippen MR) is 254 cm³/mol. The third kappa shape index (κ3) is 5.52. The molecule has 5 heteroatoms. The molecule has 0 N–H and O–H groups in total. The van der Waals surface area contributed by atoms with Crippen LogP contribution in [0, 0.1) is 0 Å². The van der Waals surface area contributed by atoms with Gasteiger partial charge in [0.25, 0.3) is 0 Å². The largest absolute Gasteiger partial charge is 0.456 e. The second kappa shape index (κ2) is 13.6. The van der Waals surface area contributed by atoms with E-state index >= 15 is 0 Å². The van der Waals surface area contributed by atoms with Crippen LogP contribution in [0.1, 0.15) is 0 Å². The summed E-state index contributed by atoms with van der Waals surface area (Å²) < 4.78 is 13.0. The molecule has 0 radical (unpaired) electrons. The lowest BCUT2D eigenvalue weighted by Crippen LogP contribution is -2.00. The van der Waals surface area contributed by atoms with Crippen molar-refractivity contribution < 1.29 is 8.83 Å². The number of aromatic nitrogens is 3. The number of hydrogen-bond donors (Lipinski definition) is 0. The lowest BCUT2D eigenvalue weighted by molar-refractivity contribution is 0.668. The van der Waals surface area contributed by atoms with E-state index < -0.39 is 0 Å². The maximum absolute atomic E-state index is 6.52. The lowest BCUT2D eigenvalue weighted by atomic mass is 9.92. The molecular weight excluding hydrogens is 759 g/mol. The van der Waals surface area contributed by atoms with Crippen LogP contribution in [0.25, 0.3) is 133 Å². The summed E-state index contributed by atoms with van der Waals surface area (Å²) in [6.07, 6.45) is 0. The third-order valence-corrected chi connectivity index (χ3v) is 12.3. The third-order valence-electron chi connectivity index (χ3n) is 12.3. The first-order valence-corrected chi connectivity index (χ1v) is 20.8. The van der Waals surface area contributed by atoms with Gasteiger partial charge >= 0.3 is 0 Å². The van der Waals surface area contributed by atoms with Crippen molar-refractivity contribution in [1.29, 1.82) is 0 Å². The molecule has 0 aliphatic carbocycles. The topological polar surface area (TPSA) is 65.0 Å². The highest BCUT2D eigenvalue weighted by molar-refractivity contribution is 6.25. The van der Waals surface area contributed by atoms with Gasteiger partial charge in [-0.1, -0.05) is 146 Å². The van der Waals surface area contributed by atoms with Crippen molar-refractivity contribution in [3.05, 3.63) is 200 Å². The van der Waals surface area contributed by atoms with Crippen molar-refractivity contribution in [3.63, 3.8) is 0 Å². The molecule has 288 valence electrons. The molecule has 0 saturated carbocycles. The lowest BCUT2D eigenvalue weighted by Gasteiger charge is -2.12. The number of benzene rings is 10. The van der Waals surface area contributed by atoms with Gasteiger partial charge in [0.05, 0.1) is 0 Å². The van der Waals surface area contributed by atoms with Gasteiger partial charge in [-0.05, 0) is 109 Å². The van der Waals surface area contributed by atoms with Crippen LogP contribution in [-0.4, -0.2) is 15.0 Å². The number of fused-ring (bicyclic) bond motifs is 12. The minimum atomic E-state index is 0.591. The molecule has 5 nitrogen and oxygen atoms in total. The Morgan fingerprint density at radius 2 is 0.548 bits per heavy atom. The Kier molecular flexibility index (Phi) is 7.54. The van der Waals surface area contributed by atoms with Crippen molar-refractivity contribution in [2.75, 3.05) is 0 Å². The summed E-state index contributed by atoms with van der Waals surface area (Å²) in [6.45, 7) is 0. The Balaban J connectivity index is 0.859. The fraction of sp³-hybridized carbons (Fsp3) is 0. The molecule has 13 aromatic rings. The monoisotopic (exact) mass is 791 g/mol. The van der Waals surface area contributed by atoms with Crippen LogP contribution >= 0.6 is 0 Å². The molecule has 0 amide bonds. The van der Waals surface area contributed by atoms with Gasteiger partial charge in [-0.2, -0.15) is 0 Å². The van der Waals surface area contributed by atoms with Crippen LogP contribution in [0.4, 0.5) is 0 Å². The minimum Gasteiger partial charge on any atom is -0.456 e. The van der Waals surface area contributed by atoms with Crippen molar-refractivity contribution in [2.45, 2.75) is 0 Å². The Morgan fingerprint density at radius 1 is 0.210 bits per heavy atom. The highest BCUT2D eigenvalue weighted by Crippen LogP contribution is 2.40. The van der Waals surface area contributed by atoms with Gasteiger partial charge in [0.2, 0.25) is 0 Å². The van der Waals surface area contributed by atoms with Crippen molar-refractivity contribution in [3.8, 4) is 56.4 Å². The van der Waals surface area contributed by atoms with E-state index in [4.69, 9.17) is 23.8 Å². The van der Waals surface area contributed by atoms with E-state index in [-0.39, 0.29) is 0 Å². The second-order valence-electron chi connectivity index (χ2n) is 15.9. The zero-order valence-electron chi connectivity index (χ0n) is 33.2. The van der Waals surface area contributed by atoms with E-state index in [0.29, 0.717) is 17.5 Å². The Hall–Kier alpha value is -8.41. The van der Waals surface area contributed by atoms with E-state index in [1.165, 1.54) is 32.3 Å². The molecule has 0 aliphatic rings. The molecule has 0 bridgehead atoms. The first kappa shape index (κ1) is 34.5. The average Bonchev–Trinajstić information content (AvgIpc) is 3.91. The van der Waals surface area contributed by atoms with E-state index in [2.05, 4.69) is 133 Å². The maximum atomic E-state index is 6.52. The molecule has 0 atom stereocenters. The quantitative estimate of drug-likeness (QED) is 0.162. The van der Waals surface area contributed by atoms with Gasteiger partial charge in [-0.25, -0.2) is 15.0 Å². The Bertz CT molecular complexity index is 3830. The van der Waals surface area contributed by atoms with Gasteiger partial charge in [-0.15, -0.1) is 0 Å². The predicted octanol–water partition coefficient (Wildman–Crippen LogP) is 15.5. The summed E-state index contributed by atoms with van der Waals surface area (Å²) in [5.74, 6) is 1.84. The van der Waals surface area contributed by atoms with Gasteiger partial charge in [0, 0.05) is 38.2 Å². The number of hydrogen-bond acceptors (Lipinski definition) is 5. The van der Waals surface area contributed by atoms with Gasteiger partial charge in [0.15, 0.2) is 17.5 Å². The highest BCUT2D eigenvalue weighted by Gasteiger charge is 2.17. The molecule has 10 aromatic carbocycles. The molecule has 3 heterocycles. The number of nitrogens with zero attached hydrogens (tertiary/aromatic N) is 3. The van der Waals surface area contributed by atoms with Crippen molar-refractivity contribution in [2.24, 2.45) is 0 Å². The van der Waals surface area contributed by atoms with E-state index in [1.54, 1.807) is 0 Å². The number of furan rings is 2. The van der Waals surface area contributed by atoms with Gasteiger partial charge < -0.3 is 8.83 Å². The van der Waals surface area contributed by atoms with Crippen molar-refractivity contribution in [1.82, 2.24) is 15.0 Å². The van der Waals surface area contributed by atoms with Crippen LogP contribution in [0.15, 0.2) is 209 Å². The standard InChI is InChI=1S/C57H33N3O2/c1-3-11-34(12-4-1)55-58-56(35-13-5-2-6-14-35)60-57(59-55)40-21-26-47-50-31-38(23-28-52(50)62-54(47)33-40)37-22-27-51-49(30-37)46-25-20-39(32-53(46)61-51)36-19-24-45-43-17-8-7-15-41(43)42-16-9-10-18-44(42)48(45)29-36/h1-33H. The zero-order valence-corrected chi connectivity index (χ0v) is 33.2. The zero-order chi connectivity index (χ0) is 40.7. The molecule has 13 rings (SSSR count). The van der Waals surface area contributed by atoms with E-state index in [1.807, 2.05) is 66.7 Å². The SMILES string of the molecule is c1ccc(-c2nc(-c3ccccc3)nc(-c3ccc4c(c3)oc3ccc(-c5ccc6oc7cc(-c8ccc9c%10ccccc%10c%10ccccc%10c9c8)ccc7c6c5)cc34)n2)cc1. The Morgan fingerprint density at radius 3 is 1.05 bits per heavy atom. The smallest absolute Gasteiger partial charge is 0.164 e. The number of rotatable bonds is 5. The minimum absolute atomic E-state index is 0.591. The molecule has 3 aromatic heterocycles. The normalized spacial score (nSPS) is 11.9. The molecule has 0 saturated heterocycles. The Labute approximate surface area is 355 Å². The summed E-state index contributed by atoms with van der Waals surface area (Å²) in [4.78, 5) is 14.7. The summed E-state index contributed by atoms with van der Waals surface area (Å²) in [7, 11) is 0. The second-order valence-corrected chi connectivity index (χ2v) is 15.9. The van der Waals surface area contributed by atoms with Crippen LogP contribution in [-0.2, 0) is 0 Å². The van der Waals surface area contributed by atoms with Gasteiger partial charge in [-0.3, -0.25) is 0 Å². The first-order valence-electron chi connectivity index (χ1n) is 20.8. The average molecular weight is 792 g/mol. The summed E-state index contributed by atoms with van der Waals surface area (Å²) in [6, 6.07) is 70.0. The molecule has 0 aliphatic heterocycles. The van der Waals surface area contributed by atoms with Crippen LogP contribution in [0.5, 0.6) is 0 Å². The fourth-order valence-corrected chi connectivity index (χ4v) is 9.26. The first-order chi connectivity index (χ1) is 30.7. The molecule has 0 unspecified atom stereocenters. The van der Waals surface area contributed by atoms with Crippen LogP contribution < -0.4 is 0 Å². The summed E-state index contributed by atoms with van der Waals surface area (Å²) >= 11 is 0. The highest BCUT2D eigenvalue weighted by atomic mass is 16.3. The maximum Gasteiger partial charge on any atom is 0.164 e. The fourth-order valence-electron chi connectivity index (χ4n) is 9.26. The molecule has 62 heavy (non-hydrogen) atoms. The molecular formula is C57H33N3O2. The van der Waals surface area contributed by atoms with Crippen molar-refractivity contribution >= 4 is 76.2 Å². The molecule has 0 fully saturated rings. The molecule has 0 spiro atoms. The van der Waals surface area contributed by atoms with E-state index in [9.17, 15) is 0 Å².